The molecule has 21 heavy (non-hydrogen) atoms. The van der Waals surface area contributed by atoms with E-state index in [1.54, 1.807) is 0 Å². The van der Waals surface area contributed by atoms with Crippen LogP contribution in [0.5, 0.6) is 0 Å². The zero-order valence-corrected chi connectivity index (χ0v) is 13.4. The summed E-state index contributed by atoms with van der Waals surface area (Å²) in [5.41, 5.74) is 1.24. The number of hydrogen-bond donors (Lipinski definition) is 0. The van der Waals surface area contributed by atoms with E-state index >= 15 is 0 Å². The summed E-state index contributed by atoms with van der Waals surface area (Å²) in [5, 5.41) is 0. The highest BCUT2D eigenvalue weighted by molar-refractivity contribution is 7.80. The molecule has 2 heterocycles. The highest BCUT2D eigenvalue weighted by atomic mass is 32.1. The van der Waals surface area contributed by atoms with Gasteiger partial charge in [-0.3, -0.25) is 0 Å². The van der Waals surface area contributed by atoms with Crippen LogP contribution in [0.1, 0.15) is 50.6 Å². The van der Waals surface area contributed by atoms with Crippen LogP contribution in [0.2, 0.25) is 0 Å². The van der Waals surface area contributed by atoms with Gasteiger partial charge < -0.3 is 9.64 Å². The van der Waals surface area contributed by atoms with E-state index in [-0.39, 0.29) is 5.72 Å². The SMILES string of the molecule is C[C@@H]1CCC[C@@]23OC[C@@H](c4ccccc4)N2C(=S)CC[C@@H]13. The molecule has 0 radical (unpaired) electrons. The molecule has 2 nitrogen and oxygen atoms in total. The normalized spacial score (nSPS) is 39.0. The van der Waals surface area contributed by atoms with Crippen LogP contribution in [0, 0.1) is 11.8 Å². The number of piperidine rings is 1. The van der Waals surface area contributed by atoms with Gasteiger partial charge in [0.1, 0.15) is 5.72 Å². The number of rotatable bonds is 1. The van der Waals surface area contributed by atoms with E-state index in [0.717, 1.165) is 30.4 Å². The Labute approximate surface area is 132 Å². The van der Waals surface area contributed by atoms with Gasteiger partial charge in [-0.1, -0.05) is 55.9 Å². The van der Waals surface area contributed by atoms with Gasteiger partial charge in [-0.2, -0.15) is 0 Å². The lowest BCUT2D eigenvalue weighted by molar-refractivity contribution is -0.150. The van der Waals surface area contributed by atoms with Crippen molar-refractivity contribution in [3.63, 3.8) is 0 Å². The van der Waals surface area contributed by atoms with Crippen LogP contribution in [-0.2, 0) is 4.74 Å². The van der Waals surface area contributed by atoms with Gasteiger partial charge in [-0.05, 0) is 37.2 Å². The van der Waals surface area contributed by atoms with E-state index in [4.69, 9.17) is 17.0 Å². The molecule has 0 amide bonds. The van der Waals surface area contributed by atoms with Crippen LogP contribution in [0.15, 0.2) is 30.3 Å². The van der Waals surface area contributed by atoms with Crippen LogP contribution in [0.4, 0.5) is 0 Å². The largest absolute Gasteiger partial charge is 0.353 e. The first-order chi connectivity index (χ1) is 10.2. The first-order valence-electron chi connectivity index (χ1n) is 8.23. The summed E-state index contributed by atoms with van der Waals surface area (Å²) in [6, 6.07) is 11.1. The minimum Gasteiger partial charge on any atom is -0.353 e. The minimum atomic E-state index is -0.104. The zero-order valence-electron chi connectivity index (χ0n) is 12.6. The van der Waals surface area contributed by atoms with E-state index in [0.29, 0.717) is 12.0 Å². The second-order valence-electron chi connectivity index (χ2n) is 6.86. The van der Waals surface area contributed by atoms with Crippen molar-refractivity contribution in [2.24, 2.45) is 11.8 Å². The van der Waals surface area contributed by atoms with Crippen LogP contribution in [0.3, 0.4) is 0 Å². The fraction of sp³-hybridized carbons (Fsp3) is 0.611. The summed E-state index contributed by atoms with van der Waals surface area (Å²) in [6.45, 7) is 3.19. The molecule has 1 aromatic rings. The predicted octanol–water partition coefficient (Wildman–Crippen LogP) is 4.31. The van der Waals surface area contributed by atoms with Crippen LogP contribution in [-0.4, -0.2) is 22.2 Å². The standard InChI is InChI=1S/C18H23NOS/c1-13-6-5-11-18-15(13)9-10-17(21)19(18)16(12-20-18)14-7-3-2-4-8-14/h2-4,7-8,13,15-16H,5-6,9-12H2,1H3/t13-,15+,16+,18+/m1/s1. The lowest BCUT2D eigenvalue weighted by Gasteiger charge is -2.54. The lowest BCUT2D eigenvalue weighted by atomic mass is 9.69. The van der Waals surface area contributed by atoms with E-state index in [1.165, 1.54) is 24.8 Å². The Kier molecular flexibility index (Phi) is 3.31. The molecule has 0 bridgehead atoms. The van der Waals surface area contributed by atoms with Crippen molar-refractivity contribution in [3.05, 3.63) is 35.9 Å². The molecule has 4 atom stereocenters. The van der Waals surface area contributed by atoms with Gasteiger partial charge in [-0.25, -0.2) is 0 Å². The van der Waals surface area contributed by atoms with Crippen molar-refractivity contribution in [2.75, 3.05) is 6.61 Å². The highest BCUT2D eigenvalue weighted by Gasteiger charge is 2.58. The molecule has 4 rings (SSSR count). The molecule has 2 aliphatic heterocycles. The summed E-state index contributed by atoms with van der Waals surface area (Å²) >= 11 is 5.77. The molecule has 3 aliphatic rings. The summed E-state index contributed by atoms with van der Waals surface area (Å²) in [6.07, 6.45) is 6.01. The van der Waals surface area contributed by atoms with E-state index in [9.17, 15) is 0 Å². The highest BCUT2D eigenvalue weighted by Crippen LogP contribution is 2.54. The third-order valence-corrected chi connectivity index (χ3v) is 6.19. The molecule has 1 aromatic carbocycles. The molecular formula is C18H23NOS. The van der Waals surface area contributed by atoms with Crippen LogP contribution in [0.25, 0.3) is 0 Å². The molecule has 0 aromatic heterocycles. The van der Waals surface area contributed by atoms with E-state index < -0.39 is 0 Å². The molecule has 0 N–H and O–H groups in total. The lowest BCUT2D eigenvalue weighted by Crippen LogP contribution is -2.59. The van der Waals surface area contributed by atoms with Gasteiger partial charge in [0, 0.05) is 5.92 Å². The number of thiocarbonyl (C=S) groups is 1. The molecule has 1 spiro atoms. The Morgan fingerprint density at radius 3 is 2.86 bits per heavy atom. The first-order valence-corrected chi connectivity index (χ1v) is 8.64. The average Bonchev–Trinajstić information content (AvgIpc) is 2.89. The van der Waals surface area contributed by atoms with Crippen molar-refractivity contribution in [1.82, 2.24) is 4.90 Å². The van der Waals surface area contributed by atoms with Gasteiger partial charge >= 0.3 is 0 Å². The maximum absolute atomic E-state index is 6.49. The Hall–Kier alpha value is -0.930. The second kappa shape index (κ2) is 5.06. The molecule has 1 aliphatic carbocycles. The second-order valence-corrected chi connectivity index (χ2v) is 7.33. The summed E-state index contributed by atoms with van der Waals surface area (Å²) in [7, 11) is 0. The number of nitrogens with zero attached hydrogens (tertiary/aromatic N) is 1. The third-order valence-electron chi connectivity index (χ3n) is 5.79. The predicted molar refractivity (Wildman–Crippen MR) is 88.0 cm³/mol. The summed E-state index contributed by atoms with van der Waals surface area (Å²) in [4.78, 5) is 3.60. The number of benzene rings is 1. The van der Waals surface area contributed by atoms with E-state index in [1.807, 2.05) is 0 Å². The molecular weight excluding hydrogens is 278 g/mol. The molecule has 1 saturated carbocycles. The molecule has 3 fully saturated rings. The summed E-state index contributed by atoms with van der Waals surface area (Å²) < 4.78 is 6.49. The first kappa shape index (κ1) is 13.7. The Morgan fingerprint density at radius 1 is 1.24 bits per heavy atom. The maximum Gasteiger partial charge on any atom is 0.145 e. The average molecular weight is 301 g/mol. The fourth-order valence-corrected chi connectivity index (χ4v) is 5.23. The topological polar surface area (TPSA) is 12.5 Å². The van der Waals surface area contributed by atoms with Gasteiger partial charge in [0.25, 0.3) is 0 Å². The van der Waals surface area contributed by atoms with Gasteiger partial charge in [-0.15, -0.1) is 0 Å². The van der Waals surface area contributed by atoms with Crippen molar-refractivity contribution < 1.29 is 4.74 Å². The zero-order chi connectivity index (χ0) is 14.4. The Balaban J connectivity index is 1.74. The molecule has 3 heteroatoms. The van der Waals surface area contributed by atoms with Crippen molar-refractivity contribution >= 4 is 17.2 Å². The quantitative estimate of drug-likeness (QED) is 0.717. The molecule has 2 saturated heterocycles. The van der Waals surface area contributed by atoms with Crippen LogP contribution >= 0.6 is 12.2 Å². The maximum atomic E-state index is 6.49. The number of ether oxygens (including phenoxy) is 1. The van der Waals surface area contributed by atoms with Gasteiger partial charge in [0.2, 0.25) is 0 Å². The van der Waals surface area contributed by atoms with Gasteiger partial charge in [0.15, 0.2) is 0 Å². The summed E-state index contributed by atoms with van der Waals surface area (Å²) in [5.74, 6) is 1.39. The van der Waals surface area contributed by atoms with Crippen LogP contribution < -0.4 is 0 Å². The van der Waals surface area contributed by atoms with Crippen molar-refractivity contribution in [2.45, 2.75) is 50.8 Å². The third kappa shape index (κ3) is 1.97. The van der Waals surface area contributed by atoms with Crippen molar-refractivity contribution in [3.8, 4) is 0 Å². The fourth-order valence-electron chi connectivity index (χ4n) is 4.83. The van der Waals surface area contributed by atoms with Crippen molar-refractivity contribution in [1.29, 1.82) is 0 Å². The molecule has 0 unspecified atom stereocenters. The monoisotopic (exact) mass is 301 g/mol. The van der Waals surface area contributed by atoms with Gasteiger partial charge in [0.05, 0.1) is 17.6 Å². The van der Waals surface area contributed by atoms with E-state index in [2.05, 4.69) is 42.2 Å². The Bertz CT molecular complexity index is 545. The minimum absolute atomic E-state index is 0.104. The smallest absolute Gasteiger partial charge is 0.145 e. The Morgan fingerprint density at radius 2 is 2.05 bits per heavy atom. The molecule has 112 valence electrons. The number of hydrogen-bond acceptors (Lipinski definition) is 2.